The van der Waals surface area contributed by atoms with Crippen LogP contribution in [0.2, 0.25) is 0 Å². The van der Waals surface area contributed by atoms with Gasteiger partial charge < -0.3 is 10.2 Å². The van der Waals surface area contributed by atoms with Crippen LogP contribution in [0.15, 0.2) is 67.2 Å². The van der Waals surface area contributed by atoms with E-state index in [1.165, 1.54) is 16.7 Å². The molecule has 2 rings (SSSR count). The van der Waals surface area contributed by atoms with Crippen molar-refractivity contribution in [1.82, 2.24) is 10.2 Å². The van der Waals surface area contributed by atoms with Crippen molar-refractivity contribution in [3.05, 3.63) is 78.3 Å². The third-order valence-corrected chi connectivity index (χ3v) is 4.43. The van der Waals surface area contributed by atoms with Crippen molar-refractivity contribution in [2.75, 3.05) is 7.05 Å². The molecule has 0 aliphatic carbocycles. The van der Waals surface area contributed by atoms with Gasteiger partial charge in [0.15, 0.2) is 0 Å². The van der Waals surface area contributed by atoms with E-state index in [-0.39, 0.29) is 5.54 Å². The highest BCUT2D eigenvalue weighted by molar-refractivity contribution is 5.65. The standard InChI is InChI=1S/C21H28N2/c1-7-8-10-16(2)20-12-9-11-19(13-20)15-21(5)14-17(3)23(6)18(4)22-21/h7-13,22H,3-4,14-15H2,1-2,5-6H3/b8-7-,16-10+/t21-/m0/s1. The topological polar surface area (TPSA) is 15.3 Å². The Morgan fingerprint density at radius 1 is 1.39 bits per heavy atom. The fourth-order valence-electron chi connectivity index (χ4n) is 3.06. The molecular weight excluding hydrogens is 280 g/mol. The van der Waals surface area contributed by atoms with Gasteiger partial charge in [0.2, 0.25) is 0 Å². The van der Waals surface area contributed by atoms with Gasteiger partial charge in [-0.15, -0.1) is 0 Å². The zero-order chi connectivity index (χ0) is 17.0. The molecule has 1 saturated heterocycles. The van der Waals surface area contributed by atoms with Gasteiger partial charge in [0.05, 0.1) is 5.82 Å². The van der Waals surface area contributed by atoms with Gasteiger partial charge in [0, 0.05) is 24.7 Å². The molecule has 0 radical (unpaired) electrons. The zero-order valence-corrected chi connectivity index (χ0v) is 14.8. The van der Waals surface area contributed by atoms with Gasteiger partial charge in [-0.1, -0.05) is 55.7 Å². The number of benzene rings is 1. The van der Waals surface area contributed by atoms with Crippen molar-refractivity contribution in [3.8, 4) is 0 Å². The summed E-state index contributed by atoms with van der Waals surface area (Å²) in [6, 6.07) is 8.79. The molecule has 122 valence electrons. The Hall–Kier alpha value is -2.22. The Morgan fingerprint density at radius 3 is 2.78 bits per heavy atom. The molecule has 2 nitrogen and oxygen atoms in total. The monoisotopic (exact) mass is 308 g/mol. The maximum Gasteiger partial charge on any atom is 0.0982 e. The maximum atomic E-state index is 4.17. The van der Waals surface area contributed by atoms with E-state index < -0.39 is 0 Å². The molecule has 0 aromatic heterocycles. The van der Waals surface area contributed by atoms with E-state index in [4.69, 9.17) is 0 Å². The number of nitrogens with zero attached hydrogens (tertiary/aromatic N) is 1. The van der Waals surface area contributed by atoms with Crippen LogP contribution in [0.4, 0.5) is 0 Å². The first kappa shape index (κ1) is 17.1. The molecule has 1 aromatic carbocycles. The van der Waals surface area contributed by atoms with Crippen LogP contribution in [0.1, 0.15) is 38.3 Å². The molecule has 23 heavy (non-hydrogen) atoms. The first-order chi connectivity index (χ1) is 10.8. The molecule has 0 unspecified atom stereocenters. The van der Waals surface area contributed by atoms with Crippen LogP contribution in [-0.2, 0) is 6.42 Å². The molecule has 1 aromatic rings. The van der Waals surface area contributed by atoms with Gasteiger partial charge in [-0.2, -0.15) is 0 Å². The van der Waals surface area contributed by atoms with Gasteiger partial charge in [0.25, 0.3) is 0 Å². The van der Waals surface area contributed by atoms with Crippen molar-refractivity contribution >= 4 is 5.57 Å². The summed E-state index contributed by atoms with van der Waals surface area (Å²) in [5.41, 5.74) is 4.95. The van der Waals surface area contributed by atoms with Crippen molar-refractivity contribution in [2.45, 2.75) is 39.2 Å². The Morgan fingerprint density at radius 2 is 2.13 bits per heavy atom. The Labute approximate surface area is 140 Å². The lowest BCUT2D eigenvalue weighted by Gasteiger charge is -2.43. The zero-order valence-electron chi connectivity index (χ0n) is 14.8. The Bertz CT molecular complexity index is 646. The van der Waals surface area contributed by atoms with Crippen LogP contribution in [0, 0.1) is 0 Å². The van der Waals surface area contributed by atoms with E-state index >= 15 is 0 Å². The molecule has 1 atom stereocenters. The summed E-state index contributed by atoms with van der Waals surface area (Å²) in [7, 11) is 2.01. The first-order valence-corrected chi connectivity index (χ1v) is 8.12. The van der Waals surface area contributed by atoms with Crippen LogP contribution in [0.25, 0.3) is 5.57 Å². The van der Waals surface area contributed by atoms with Gasteiger partial charge in [-0.25, -0.2) is 0 Å². The van der Waals surface area contributed by atoms with E-state index in [9.17, 15) is 0 Å². The second-order valence-electron chi connectivity index (χ2n) is 6.69. The van der Waals surface area contributed by atoms with E-state index in [1.807, 2.05) is 24.9 Å². The van der Waals surface area contributed by atoms with Crippen molar-refractivity contribution in [2.24, 2.45) is 0 Å². The first-order valence-electron chi connectivity index (χ1n) is 8.12. The Kier molecular flexibility index (Phi) is 5.15. The van der Waals surface area contributed by atoms with Gasteiger partial charge in [-0.3, -0.25) is 0 Å². The molecule has 1 aliphatic heterocycles. The van der Waals surface area contributed by atoms with E-state index in [0.717, 1.165) is 24.4 Å². The Balaban J connectivity index is 2.20. The minimum Gasteiger partial charge on any atom is -0.366 e. The summed E-state index contributed by atoms with van der Waals surface area (Å²) < 4.78 is 0. The number of allylic oxidation sites excluding steroid dienone is 4. The quantitative estimate of drug-likeness (QED) is 0.798. The molecule has 1 aliphatic rings. The van der Waals surface area contributed by atoms with Crippen molar-refractivity contribution < 1.29 is 0 Å². The highest BCUT2D eigenvalue weighted by Gasteiger charge is 2.32. The molecule has 1 fully saturated rings. The lowest BCUT2D eigenvalue weighted by Crippen LogP contribution is -2.52. The van der Waals surface area contributed by atoms with Crippen LogP contribution in [0.5, 0.6) is 0 Å². The fourth-order valence-corrected chi connectivity index (χ4v) is 3.06. The van der Waals surface area contributed by atoms with Crippen LogP contribution in [0.3, 0.4) is 0 Å². The van der Waals surface area contributed by atoms with E-state index in [0.29, 0.717) is 0 Å². The van der Waals surface area contributed by atoms with Crippen molar-refractivity contribution in [1.29, 1.82) is 0 Å². The van der Waals surface area contributed by atoms with Crippen molar-refractivity contribution in [3.63, 3.8) is 0 Å². The SMILES string of the molecule is C=C1C[C@@](C)(Cc2cccc(/C(C)=C/C=C\C)c2)NC(=C)N1C. The maximum absolute atomic E-state index is 4.17. The summed E-state index contributed by atoms with van der Waals surface area (Å²) in [5.74, 6) is 0.920. The van der Waals surface area contributed by atoms with Gasteiger partial charge in [-0.05, 0) is 43.9 Å². The lowest BCUT2D eigenvalue weighted by atomic mass is 9.85. The summed E-state index contributed by atoms with van der Waals surface area (Å²) in [6.07, 6.45) is 8.14. The number of nitrogens with one attached hydrogen (secondary N) is 1. The summed E-state index contributed by atoms with van der Waals surface area (Å²) >= 11 is 0. The van der Waals surface area contributed by atoms with E-state index in [1.54, 1.807) is 0 Å². The summed E-state index contributed by atoms with van der Waals surface area (Å²) in [5, 5.41) is 3.55. The van der Waals surface area contributed by atoms with Gasteiger partial charge in [0.1, 0.15) is 0 Å². The molecule has 0 saturated carbocycles. The molecule has 1 N–H and O–H groups in total. The minimum absolute atomic E-state index is 0.0414. The van der Waals surface area contributed by atoms with Gasteiger partial charge >= 0.3 is 0 Å². The number of rotatable bonds is 4. The van der Waals surface area contributed by atoms with Crippen LogP contribution in [-0.4, -0.2) is 17.5 Å². The third-order valence-electron chi connectivity index (χ3n) is 4.43. The molecule has 0 amide bonds. The third kappa shape index (κ3) is 4.16. The molecular formula is C21H28N2. The summed E-state index contributed by atoms with van der Waals surface area (Å²) in [6.45, 7) is 14.7. The van der Waals surface area contributed by atoms with E-state index in [2.05, 4.69) is 68.7 Å². The predicted molar refractivity (Wildman–Crippen MR) is 101 cm³/mol. The second kappa shape index (κ2) is 6.91. The normalized spacial score (nSPS) is 22.6. The predicted octanol–water partition coefficient (Wildman–Crippen LogP) is 4.88. The summed E-state index contributed by atoms with van der Waals surface area (Å²) in [4.78, 5) is 2.03. The average Bonchev–Trinajstić information content (AvgIpc) is 2.50. The lowest BCUT2D eigenvalue weighted by molar-refractivity contribution is 0.263. The number of hydrogen-bond donors (Lipinski definition) is 1. The largest absolute Gasteiger partial charge is 0.366 e. The fraction of sp³-hybridized carbons (Fsp3) is 0.333. The highest BCUT2D eigenvalue weighted by Crippen LogP contribution is 2.30. The average molecular weight is 308 g/mol. The molecule has 2 heteroatoms. The van der Waals surface area contributed by atoms with Crippen LogP contribution < -0.4 is 5.32 Å². The second-order valence-corrected chi connectivity index (χ2v) is 6.69. The van der Waals surface area contributed by atoms with Crippen LogP contribution >= 0.6 is 0 Å². The highest BCUT2D eigenvalue weighted by atomic mass is 15.3. The number of hydrogen-bond acceptors (Lipinski definition) is 2. The molecule has 0 bridgehead atoms. The molecule has 1 heterocycles. The molecule has 0 spiro atoms. The minimum atomic E-state index is -0.0414. The smallest absolute Gasteiger partial charge is 0.0982 e.